The van der Waals surface area contributed by atoms with E-state index in [1.807, 2.05) is 0 Å². The van der Waals surface area contributed by atoms with Crippen molar-refractivity contribution in [3.63, 3.8) is 0 Å². The Hall–Kier alpha value is -2.25. The van der Waals surface area contributed by atoms with E-state index in [-0.39, 0.29) is 11.4 Å². The number of aromatic nitrogens is 2. The van der Waals surface area contributed by atoms with Gasteiger partial charge < -0.3 is 10.7 Å². The second-order valence-corrected chi connectivity index (χ2v) is 3.96. The number of hydrogen-bond donors (Lipinski definition) is 3. The third-order valence-corrected chi connectivity index (χ3v) is 2.46. The first-order chi connectivity index (χ1) is 9.10. The summed E-state index contributed by atoms with van der Waals surface area (Å²) in [6, 6.07) is 6.72. The van der Waals surface area contributed by atoms with Crippen LogP contribution in [0, 0.1) is 5.82 Å². The largest absolute Gasteiger partial charge is 0.318 e. The molecular weight excluding hydrogens is 273 g/mol. The van der Waals surface area contributed by atoms with Crippen LogP contribution in [0.1, 0.15) is 10.5 Å². The number of benzene rings is 1. The number of nitrogen functional groups attached to an aromatic ring is 1. The Balaban J connectivity index is 2.18. The molecule has 1 aromatic carbocycles. The summed E-state index contributed by atoms with van der Waals surface area (Å²) < 4.78 is 13.4. The van der Waals surface area contributed by atoms with E-state index in [0.717, 1.165) is 6.07 Å². The van der Waals surface area contributed by atoms with E-state index >= 15 is 0 Å². The number of rotatable bonds is 3. The second kappa shape index (κ2) is 5.59. The standard InChI is InChI=1S/C11H9ClFN5O/c12-6-1-2-7(13)9(5-6)15-11(19)8-3-4-10(16-14)18-17-8/h1-5H,14H2,(H,15,19)(H,16,18). The fraction of sp³-hybridized carbons (Fsp3) is 0. The maximum absolute atomic E-state index is 13.4. The van der Waals surface area contributed by atoms with E-state index in [1.165, 1.54) is 24.3 Å². The van der Waals surface area contributed by atoms with Gasteiger partial charge in [-0.2, -0.15) is 0 Å². The quantitative estimate of drug-likeness (QED) is 0.589. The molecule has 6 nitrogen and oxygen atoms in total. The summed E-state index contributed by atoms with van der Waals surface area (Å²) in [5.74, 6) is 4.24. The van der Waals surface area contributed by atoms with Gasteiger partial charge in [-0.15, -0.1) is 10.2 Å². The predicted molar refractivity (Wildman–Crippen MR) is 69.2 cm³/mol. The first-order valence-electron chi connectivity index (χ1n) is 5.17. The number of carbonyl (C=O) groups excluding carboxylic acids is 1. The Labute approximate surface area is 112 Å². The van der Waals surface area contributed by atoms with E-state index in [2.05, 4.69) is 20.9 Å². The van der Waals surface area contributed by atoms with E-state index in [0.29, 0.717) is 10.8 Å². The van der Waals surface area contributed by atoms with E-state index < -0.39 is 11.7 Å². The van der Waals surface area contributed by atoms with Gasteiger partial charge in [-0.1, -0.05) is 11.6 Å². The van der Waals surface area contributed by atoms with Crippen molar-refractivity contribution in [3.8, 4) is 0 Å². The number of nitrogens with two attached hydrogens (primary N) is 1. The van der Waals surface area contributed by atoms with Gasteiger partial charge in [-0.3, -0.25) is 4.79 Å². The predicted octanol–water partition coefficient (Wildman–Crippen LogP) is 1.81. The number of nitrogens with zero attached hydrogens (tertiary/aromatic N) is 2. The number of halogens is 2. The highest BCUT2D eigenvalue weighted by Gasteiger charge is 2.11. The van der Waals surface area contributed by atoms with Gasteiger partial charge in [0, 0.05) is 5.02 Å². The van der Waals surface area contributed by atoms with Crippen LogP contribution in [0.2, 0.25) is 5.02 Å². The van der Waals surface area contributed by atoms with Gasteiger partial charge in [0.05, 0.1) is 5.69 Å². The highest BCUT2D eigenvalue weighted by atomic mass is 35.5. The molecule has 2 aromatic rings. The molecule has 1 amide bonds. The summed E-state index contributed by atoms with van der Waals surface area (Å²) in [4.78, 5) is 11.8. The summed E-state index contributed by atoms with van der Waals surface area (Å²) >= 11 is 5.72. The Morgan fingerprint density at radius 3 is 2.68 bits per heavy atom. The van der Waals surface area contributed by atoms with Crippen LogP contribution in [-0.4, -0.2) is 16.1 Å². The number of anilines is 2. The Kier molecular flexibility index (Phi) is 3.88. The summed E-state index contributed by atoms with van der Waals surface area (Å²) in [7, 11) is 0. The molecule has 0 spiro atoms. The molecule has 1 heterocycles. The van der Waals surface area contributed by atoms with Gasteiger partial charge >= 0.3 is 0 Å². The fourth-order valence-electron chi connectivity index (χ4n) is 1.31. The van der Waals surface area contributed by atoms with Crippen molar-refractivity contribution in [1.82, 2.24) is 10.2 Å². The molecule has 0 saturated heterocycles. The lowest BCUT2D eigenvalue weighted by atomic mass is 10.3. The van der Waals surface area contributed by atoms with Gasteiger partial charge in [0.15, 0.2) is 11.5 Å². The molecule has 0 fully saturated rings. The Bertz CT molecular complexity index is 605. The molecule has 0 saturated carbocycles. The van der Waals surface area contributed by atoms with Crippen LogP contribution >= 0.6 is 11.6 Å². The zero-order valence-electron chi connectivity index (χ0n) is 9.52. The van der Waals surface area contributed by atoms with Crippen LogP contribution in [0.25, 0.3) is 0 Å². The third kappa shape index (κ3) is 3.15. The molecule has 0 aliphatic rings. The topological polar surface area (TPSA) is 92.9 Å². The maximum atomic E-state index is 13.4. The lowest BCUT2D eigenvalue weighted by Crippen LogP contribution is -2.16. The SMILES string of the molecule is NNc1ccc(C(=O)Nc2cc(Cl)ccc2F)nn1. The summed E-state index contributed by atoms with van der Waals surface area (Å²) in [6.45, 7) is 0. The van der Waals surface area contributed by atoms with E-state index in [4.69, 9.17) is 17.4 Å². The first-order valence-corrected chi connectivity index (χ1v) is 5.54. The number of nitrogens with one attached hydrogen (secondary N) is 2. The van der Waals surface area contributed by atoms with Crippen LogP contribution in [0.4, 0.5) is 15.9 Å². The summed E-state index contributed by atoms with van der Waals surface area (Å²) in [5.41, 5.74) is 2.28. The molecule has 19 heavy (non-hydrogen) atoms. The van der Waals surface area contributed by atoms with Crippen molar-refractivity contribution < 1.29 is 9.18 Å². The van der Waals surface area contributed by atoms with Crippen molar-refractivity contribution in [2.45, 2.75) is 0 Å². The van der Waals surface area contributed by atoms with Crippen molar-refractivity contribution in [3.05, 3.63) is 46.9 Å². The van der Waals surface area contributed by atoms with Gasteiger partial charge in [0.25, 0.3) is 5.91 Å². The zero-order valence-corrected chi connectivity index (χ0v) is 10.3. The van der Waals surface area contributed by atoms with Crippen molar-refractivity contribution in [1.29, 1.82) is 0 Å². The average molecular weight is 282 g/mol. The van der Waals surface area contributed by atoms with E-state index in [1.54, 1.807) is 0 Å². The minimum Gasteiger partial charge on any atom is -0.318 e. The zero-order chi connectivity index (χ0) is 13.8. The molecule has 0 radical (unpaired) electrons. The molecule has 2 rings (SSSR count). The summed E-state index contributed by atoms with van der Waals surface area (Å²) in [5, 5.41) is 9.93. The third-order valence-electron chi connectivity index (χ3n) is 2.22. The maximum Gasteiger partial charge on any atom is 0.276 e. The van der Waals surface area contributed by atoms with Crippen LogP contribution in [0.3, 0.4) is 0 Å². The highest BCUT2D eigenvalue weighted by Crippen LogP contribution is 2.20. The fourth-order valence-corrected chi connectivity index (χ4v) is 1.48. The molecule has 1 aromatic heterocycles. The number of hydrogen-bond acceptors (Lipinski definition) is 5. The van der Waals surface area contributed by atoms with Crippen molar-refractivity contribution in [2.24, 2.45) is 5.84 Å². The molecule has 4 N–H and O–H groups in total. The smallest absolute Gasteiger partial charge is 0.276 e. The van der Waals surface area contributed by atoms with Gasteiger partial charge in [-0.25, -0.2) is 10.2 Å². The normalized spacial score (nSPS) is 10.1. The van der Waals surface area contributed by atoms with E-state index in [9.17, 15) is 9.18 Å². The lowest BCUT2D eigenvalue weighted by Gasteiger charge is -2.06. The van der Waals surface area contributed by atoms with Gasteiger partial charge in [0.1, 0.15) is 5.82 Å². The van der Waals surface area contributed by atoms with Crippen LogP contribution in [-0.2, 0) is 0 Å². The molecule has 0 unspecified atom stereocenters. The second-order valence-electron chi connectivity index (χ2n) is 3.53. The van der Waals surface area contributed by atoms with Gasteiger partial charge in [0.2, 0.25) is 0 Å². The Morgan fingerprint density at radius 1 is 1.26 bits per heavy atom. The first kappa shape index (κ1) is 13.2. The Morgan fingerprint density at radius 2 is 2.05 bits per heavy atom. The number of amides is 1. The minimum absolute atomic E-state index is 0.0263. The minimum atomic E-state index is -0.600. The molecule has 0 atom stereocenters. The lowest BCUT2D eigenvalue weighted by molar-refractivity contribution is 0.102. The molecule has 98 valence electrons. The monoisotopic (exact) mass is 281 g/mol. The van der Waals surface area contributed by atoms with Crippen LogP contribution in [0.5, 0.6) is 0 Å². The van der Waals surface area contributed by atoms with Crippen LogP contribution in [0.15, 0.2) is 30.3 Å². The highest BCUT2D eigenvalue weighted by molar-refractivity contribution is 6.31. The molecular formula is C11H9ClFN5O. The van der Waals surface area contributed by atoms with Crippen LogP contribution < -0.4 is 16.6 Å². The summed E-state index contributed by atoms with van der Waals surface area (Å²) in [6.07, 6.45) is 0. The average Bonchev–Trinajstić information content (AvgIpc) is 2.43. The number of hydrazine groups is 1. The van der Waals surface area contributed by atoms with Gasteiger partial charge in [-0.05, 0) is 30.3 Å². The van der Waals surface area contributed by atoms with Crippen molar-refractivity contribution in [2.75, 3.05) is 10.7 Å². The molecule has 8 heteroatoms. The van der Waals surface area contributed by atoms with Crippen molar-refractivity contribution >= 4 is 29.0 Å². The molecule has 0 bridgehead atoms. The molecule has 0 aliphatic carbocycles. The molecule has 0 aliphatic heterocycles. The number of carbonyl (C=O) groups is 1.